The Morgan fingerprint density at radius 1 is 1.09 bits per heavy atom. The number of aryl methyl sites for hydroxylation is 1. The third-order valence-electron chi connectivity index (χ3n) is 5.56. The second-order valence-electron chi connectivity index (χ2n) is 8.56. The van der Waals surface area contributed by atoms with Crippen LogP contribution in [0.3, 0.4) is 0 Å². The van der Waals surface area contributed by atoms with Gasteiger partial charge in [0.2, 0.25) is 0 Å². The summed E-state index contributed by atoms with van der Waals surface area (Å²) in [6.07, 6.45) is 0.233. The Bertz CT molecular complexity index is 1030. The van der Waals surface area contributed by atoms with Gasteiger partial charge in [-0.3, -0.25) is 0 Å². The van der Waals surface area contributed by atoms with E-state index >= 15 is 0 Å². The highest BCUT2D eigenvalue weighted by Crippen LogP contribution is 2.36. The summed E-state index contributed by atoms with van der Waals surface area (Å²) >= 11 is 1.20. The molecule has 0 amide bonds. The molecule has 0 aliphatic rings. The molecule has 0 spiro atoms. The number of nitriles is 2. The first-order valence-electron chi connectivity index (χ1n) is 11.0. The summed E-state index contributed by atoms with van der Waals surface area (Å²) in [7, 11) is 0. The molecule has 0 aliphatic heterocycles. The lowest BCUT2D eigenvalue weighted by molar-refractivity contribution is 0.0411. The molecule has 1 atom stereocenters. The van der Waals surface area contributed by atoms with E-state index in [1.807, 2.05) is 13.0 Å². The van der Waals surface area contributed by atoms with E-state index < -0.39 is 0 Å². The van der Waals surface area contributed by atoms with Gasteiger partial charge in [-0.15, -0.1) is 21.6 Å². The number of benzene rings is 1. The molecule has 2 aromatic rings. The second-order valence-corrected chi connectivity index (χ2v) is 9.55. The van der Waals surface area contributed by atoms with Crippen LogP contribution in [0.25, 0.3) is 0 Å². The summed E-state index contributed by atoms with van der Waals surface area (Å²) in [5.41, 5.74) is 4.00. The van der Waals surface area contributed by atoms with Gasteiger partial charge in [-0.1, -0.05) is 13.8 Å². The quantitative estimate of drug-likeness (QED) is 0.362. The summed E-state index contributed by atoms with van der Waals surface area (Å²) in [5.74, 6) is 0.969. The molecule has 32 heavy (non-hydrogen) atoms. The van der Waals surface area contributed by atoms with Crippen molar-refractivity contribution in [2.24, 2.45) is 22.1 Å². The number of rotatable bonds is 10. The van der Waals surface area contributed by atoms with Crippen molar-refractivity contribution in [3.05, 3.63) is 39.8 Å². The monoisotopic (exact) mass is 451 g/mol. The molecule has 0 bridgehead atoms. The molecule has 0 saturated carbocycles. The van der Waals surface area contributed by atoms with Crippen LogP contribution in [-0.2, 0) is 4.74 Å². The van der Waals surface area contributed by atoms with Gasteiger partial charge in [-0.05, 0) is 69.9 Å². The fraction of sp³-hybridized carbons (Fsp3) is 0.520. The van der Waals surface area contributed by atoms with Crippen molar-refractivity contribution in [3.8, 4) is 12.1 Å². The number of hydrogen-bond acceptors (Lipinski definition) is 7. The average molecular weight is 452 g/mol. The van der Waals surface area contributed by atoms with Crippen molar-refractivity contribution in [3.63, 3.8) is 0 Å². The summed E-state index contributed by atoms with van der Waals surface area (Å²) in [6, 6.07) is 10.4. The number of thiophene rings is 1. The number of anilines is 1. The standard InChI is InChI=1S/C25H33N5OS/c1-8-30(14-20(16(2)3)15-31-17(4)5)21-9-10-23(18(6)11-21)28-29-25-22(12-26)19(7)24(13-27)32-25/h9-11,16-17,20H,8,14-15H2,1-7H3. The minimum Gasteiger partial charge on any atom is -0.378 e. The van der Waals surface area contributed by atoms with Crippen LogP contribution in [0.2, 0.25) is 0 Å². The van der Waals surface area contributed by atoms with Crippen molar-refractivity contribution in [2.45, 2.75) is 54.6 Å². The first-order valence-corrected chi connectivity index (χ1v) is 11.9. The van der Waals surface area contributed by atoms with E-state index in [-0.39, 0.29) is 6.10 Å². The highest BCUT2D eigenvalue weighted by atomic mass is 32.1. The van der Waals surface area contributed by atoms with Crippen LogP contribution < -0.4 is 4.90 Å². The average Bonchev–Trinajstić information content (AvgIpc) is 3.07. The number of azo groups is 1. The number of nitrogens with zero attached hydrogens (tertiary/aromatic N) is 5. The third kappa shape index (κ3) is 6.38. The summed E-state index contributed by atoms with van der Waals surface area (Å²) in [6.45, 7) is 17.2. The van der Waals surface area contributed by atoms with Gasteiger partial charge in [0.25, 0.3) is 0 Å². The Hall–Kier alpha value is -2.74. The van der Waals surface area contributed by atoms with Crippen LogP contribution >= 0.6 is 11.3 Å². The molecule has 0 radical (unpaired) electrons. The van der Waals surface area contributed by atoms with Gasteiger partial charge < -0.3 is 9.64 Å². The fourth-order valence-corrected chi connectivity index (χ4v) is 4.20. The van der Waals surface area contributed by atoms with Crippen LogP contribution in [0.15, 0.2) is 28.4 Å². The van der Waals surface area contributed by atoms with Gasteiger partial charge in [0, 0.05) is 24.7 Å². The SMILES string of the molecule is CCN(CC(COC(C)C)C(C)C)c1ccc(N=Nc2sc(C#N)c(C)c2C#N)c(C)c1. The predicted molar refractivity (Wildman–Crippen MR) is 131 cm³/mol. The topological polar surface area (TPSA) is 84.8 Å². The van der Waals surface area contributed by atoms with E-state index in [1.165, 1.54) is 11.3 Å². The molecule has 1 heterocycles. The van der Waals surface area contributed by atoms with Crippen molar-refractivity contribution in [1.29, 1.82) is 10.5 Å². The minimum atomic E-state index is 0.233. The Morgan fingerprint density at radius 2 is 1.81 bits per heavy atom. The molecular formula is C25H33N5OS. The van der Waals surface area contributed by atoms with Gasteiger partial charge in [0.15, 0.2) is 5.00 Å². The number of hydrogen-bond donors (Lipinski definition) is 0. The zero-order chi connectivity index (χ0) is 23.8. The molecule has 1 aromatic heterocycles. The van der Waals surface area contributed by atoms with Crippen molar-refractivity contribution >= 4 is 27.7 Å². The summed E-state index contributed by atoms with van der Waals surface area (Å²) in [5, 5.41) is 27.7. The van der Waals surface area contributed by atoms with E-state index in [2.05, 4.69) is 74.0 Å². The normalized spacial score (nSPS) is 12.3. The number of ether oxygens (including phenoxy) is 1. The van der Waals surface area contributed by atoms with Crippen molar-refractivity contribution in [1.82, 2.24) is 0 Å². The lowest BCUT2D eigenvalue weighted by Crippen LogP contribution is -2.34. The lowest BCUT2D eigenvalue weighted by atomic mass is 9.95. The van der Waals surface area contributed by atoms with Gasteiger partial charge in [-0.25, -0.2) is 0 Å². The Morgan fingerprint density at radius 3 is 2.34 bits per heavy atom. The highest BCUT2D eigenvalue weighted by molar-refractivity contribution is 7.16. The Kier molecular flexibility index (Phi) is 9.38. The maximum atomic E-state index is 9.40. The molecule has 0 fully saturated rings. The van der Waals surface area contributed by atoms with Crippen molar-refractivity contribution < 1.29 is 4.74 Å². The van der Waals surface area contributed by atoms with Crippen LogP contribution in [0.5, 0.6) is 0 Å². The maximum Gasteiger partial charge on any atom is 0.158 e. The summed E-state index contributed by atoms with van der Waals surface area (Å²) in [4.78, 5) is 2.88. The molecule has 0 N–H and O–H groups in total. The van der Waals surface area contributed by atoms with Crippen LogP contribution in [0.1, 0.15) is 56.2 Å². The zero-order valence-electron chi connectivity index (χ0n) is 20.1. The first-order chi connectivity index (χ1) is 15.2. The molecule has 1 aromatic carbocycles. The molecule has 2 rings (SSSR count). The van der Waals surface area contributed by atoms with E-state index in [9.17, 15) is 10.5 Å². The zero-order valence-corrected chi connectivity index (χ0v) is 21.0. The van der Waals surface area contributed by atoms with Gasteiger partial charge in [0.1, 0.15) is 17.0 Å². The van der Waals surface area contributed by atoms with Gasteiger partial charge in [0.05, 0.1) is 24.0 Å². The Balaban J connectivity index is 2.22. The third-order valence-corrected chi connectivity index (χ3v) is 6.64. The largest absolute Gasteiger partial charge is 0.378 e. The van der Waals surface area contributed by atoms with Crippen molar-refractivity contribution in [2.75, 3.05) is 24.6 Å². The van der Waals surface area contributed by atoms with E-state index in [0.717, 1.165) is 36.6 Å². The van der Waals surface area contributed by atoms with E-state index in [1.54, 1.807) is 6.92 Å². The predicted octanol–water partition coefficient (Wildman–Crippen LogP) is 7.05. The van der Waals surface area contributed by atoms with E-state index in [4.69, 9.17) is 4.74 Å². The fourth-order valence-electron chi connectivity index (χ4n) is 3.33. The molecule has 0 saturated heterocycles. The molecular weight excluding hydrogens is 418 g/mol. The summed E-state index contributed by atoms with van der Waals surface area (Å²) < 4.78 is 5.90. The van der Waals surface area contributed by atoms with Crippen LogP contribution in [-0.4, -0.2) is 25.8 Å². The van der Waals surface area contributed by atoms with Gasteiger partial charge in [-0.2, -0.15) is 10.5 Å². The maximum absolute atomic E-state index is 9.40. The second kappa shape index (κ2) is 11.8. The van der Waals surface area contributed by atoms with Crippen LogP contribution in [0, 0.1) is 48.3 Å². The molecule has 6 nitrogen and oxygen atoms in total. The van der Waals surface area contributed by atoms with Gasteiger partial charge >= 0.3 is 0 Å². The minimum absolute atomic E-state index is 0.233. The van der Waals surface area contributed by atoms with Crippen LogP contribution in [0.4, 0.5) is 16.4 Å². The first kappa shape index (κ1) is 25.5. The smallest absolute Gasteiger partial charge is 0.158 e. The molecule has 7 heteroatoms. The molecule has 1 unspecified atom stereocenters. The Labute approximate surface area is 196 Å². The molecule has 0 aliphatic carbocycles. The van der Waals surface area contributed by atoms with E-state index in [0.29, 0.717) is 32.8 Å². The molecule has 170 valence electrons. The highest BCUT2D eigenvalue weighted by Gasteiger charge is 2.19. The lowest BCUT2D eigenvalue weighted by Gasteiger charge is -2.31.